The number of fused-ring (bicyclic) bond motifs is 1. The molecule has 0 atom stereocenters. The molecule has 6 nitrogen and oxygen atoms in total. The molecule has 6 heteroatoms. The molecule has 0 spiro atoms. The summed E-state index contributed by atoms with van der Waals surface area (Å²) in [5.41, 5.74) is 2.09. The lowest BCUT2D eigenvalue weighted by Crippen LogP contribution is -2.45. The summed E-state index contributed by atoms with van der Waals surface area (Å²) < 4.78 is 2.10. The zero-order valence-corrected chi connectivity index (χ0v) is 13.2. The fraction of sp³-hybridized carbons (Fsp3) is 0.667. The van der Waals surface area contributed by atoms with E-state index < -0.39 is 0 Å². The van der Waals surface area contributed by atoms with Gasteiger partial charge in [-0.2, -0.15) is 0 Å². The fourth-order valence-electron chi connectivity index (χ4n) is 2.72. The topological polar surface area (TPSA) is 49.6 Å². The minimum Gasteiger partial charge on any atom is -0.351 e. The highest BCUT2D eigenvalue weighted by molar-refractivity contribution is 5.64. The highest BCUT2D eigenvalue weighted by atomic mass is 15.3. The van der Waals surface area contributed by atoms with Gasteiger partial charge in [-0.1, -0.05) is 13.8 Å². The largest absolute Gasteiger partial charge is 0.351 e. The second-order valence-corrected chi connectivity index (χ2v) is 6.32. The number of piperazine rings is 1. The average molecular weight is 288 g/mol. The fourth-order valence-corrected chi connectivity index (χ4v) is 2.72. The average Bonchev–Trinajstić information content (AvgIpc) is 2.95. The molecule has 2 aromatic heterocycles. The molecule has 21 heavy (non-hydrogen) atoms. The van der Waals surface area contributed by atoms with Gasteiger partial charge in [0, 0.05) is 38.1 Å². The van der Waals surface area contributed by atoms with E-state index >= 15 is 0 Å². The number of hydrogen-bond acceptors (Lipinski definition) is 5. The number of likely N-dealkylation sites (N-methyl/N-ethyl adjacent to an activating group) is 1. The summed E-state index contributed by atoms with van der Waals surface area (Å²) in [5, 5.41) is 8.39. The Morgan fingerprint density at radius 3 is 2.67 bits per heavy atom. The summed E-state index contributed by atoms with van der Waals surface area (Å²) >= 11 is 0. The van der Waals surface area contributed by atoms with Crippen molar-refractivity contribution in [3.63, 3.8) is 0 Å². The predicted octanol–water partition coefficient (Wildman–Crippen LogP) is 1.46. The number of hydrogen-bond donors (Lipinski definition) is 0. The van der Waals surface area contributed by atoms with E-state index in [2.05, 4.69) is 50.3 Å². The van der Waals surface area contributed by atoms with Gasteiger partial charge in [0.15, 0.2) is 5.82 Å². The van der Waals surface area contributed by atoms with Gasteiger partial charge in [0.25, 0.3) is 0 Å². The van der Waals surface area contributed by atoms with Crippen LogP contribution >= 0.6 is 0 Å². The van der Waals surface area contributed by atoms with Gasteiger partial charge in [-0.3, -0.25) is 4.40 Å². The molecule has 0 N–H and O–H groups in total. The molecule has 1 aliphatic rings. The Bertz CT molecular complexity index is 597. The summed E-state index contributed by atoms with van der Waals surface area (Å²) in [4.78, 5) is 9.35. The number of aromatic nitrogens is 4. The lowest BCUT2D eigenvalue weighted by Gasteiger charge is -2.33. The lowest BCUT2D eigenvalue weighted by molar-refractivity contribution is 0.312. The molecule has 114 valence electrons. The second kappa shape index (κ2) is 5.97. The van der Waals surface area contributed by atoms with Crippen LogP contribution in [0.25, 0.3) is 5.65 Å². The first-order valence-electron chi connectivity index (χ1n) is 7.76. The maximum absolute atomic E-state index is 4.69. The maximum Gasteiger partial charge on any atom is 0.203 e. The van der Waals surface area contributed by atoms with Crippen LogP contribution in [0.2, 0.25) is 0 Å². The zero-order chi connectivity index (χ0) is 14.8. The summed E-state index contributed by atoms with van der Waals surface area (Å²) in [5.74, 6) is 1.66. The van der Waals surface area contributed by atoms with Crippen molar-refractivity contribution in [3.8, 4) is 0 Å². The molecule has 0 radical (unpaired) electrons. The van der Waals surface area contributed by atoms with Gasteiger partial charge in [0.1, 0.15) is 6.33 Å². The van der Waals surface area contributed by atoms with Gasteiger partial charge in [-0.15, -0.1) is 10.2 Å². The highest BCUT2D eigenvalue weighted by Gasteiger charge is 2.19. The van der Waals surface area contributed by atoms with Gasteiger partial charge < -0.3 is 9.80 Å². The van der Waals surface area contributed by atoms with Crippen LogP contribution in [0.3, 0.4) is 0 Å². The standard InChI is InChI=1S/C15H24N6/c1-12(2)4-5-13-10-16-14(15-18-17-11-21(13)15)20-8-6-19(3)7-9-20/h10-12H,4-9H2,1-3H3. The Kier molecular flexibility index (Phi) is 4.05. The zero-order valence-electron chi connectivity index (χ0n) is 13.2. The third-order valence-corrected chi connectivity index (χ3v) is 4.17. The molecule has 0 aliphatic carbocycles. The number of rotatable bonds is 4. The van der Waals surface area contributed by atoms with Crippen molar-refractivity contribution in [3.05, 3.63) is 18.2 Å². The predicted molar refractivity (Wildman–Crippen MR) is 83.7 cm³/mol. The summed E-state index contributed by atoms with van der Waals surface area (Å²) in [6.07, 6.45) is 5.98. The SMILES string of the molecule is CC(C)CCc1cnc(N2CCN(C)CC2)c2nncn12. The van der Waals surface area contributed by atoms with Gasteiger partial charge in [0.05, 0.1) is 0 Å². The molecular weight excluding hydrogens is 264 g/mol. The van der Waals surface area contributed by atoms with Gasteiger partial charge in [-0.25, -0.2) is 4.98 Å². The first-order chi connectivity index (χ1) is 10.1. The minimum atomic E-state index is 0.689. The smallest absolute Gasteiger partial charge is 0.203 e. The van der Waals surface area contributed by atoms with E-state index in [-0.39, 0.29) is 0 Å². The van der Waals surface area contributed by atoms with Crippen molar-refractivity contribution in [1.29, 1.82) is 0 Å². The third-order valence-electron chi connectivity index (χ3n) is 4.17. The molecule has 0 unspecified atom stereocenters. The molecule has 1 saturated heterocycles. The van der Waals surface area contributed by atoms with Crippen molar-refractivity contribution in [1.82, 2.24) is 24.5 Å². The molecule has 1 fully saturated rings. The van der Waals surface area contributed by atoms with Crippen LogP contribution in [-0.4, -0.2) is 57.7 Å². The van der Waals surface area contributed by atoms with E-state index in [0.29, 0.717) is 5.92 Å². The van der Waals surface area contributed by atoms with Crippen LogP contribution in [-0.2, 0) is 6.42 Å². The monoisotopic (exact) mass is 288 g/mol. The van der Waals surface area contributed by atoms with E-state index in [0.717, 1.165) is 50.5 Å². The highest BCUT2D eigenvalue weighted by Crippen LogP contribution is 2.20. The molecular formula is C15H24N6. The third kappa shape index (κ3) is 3.00. The first kappa shape index (κ1) is 14.3. The second-order valence-electron chi connectivity index (χ2n) is 6.32. The Balaban J connectivity index is 1.88. The van der Waals surface area contributed by atoms with E-state index in [4.69, 9.17) is 0 Å². The molecule has 0 saturated carbocycles. The Morgan fingerprint density at radius 1 is 1.19 bits per heavy atom. The molecule has 0 aromatic carbocycles. The number of aryl methyl sites for hydroxylation is 1. The van der Waals surface area contributed by atoms with Crippen molar-refractivity contribution >= 4 is 11.5 Å². The van der Waals surface area contributed by atoms with E-state index in [1.54, 1.807) is 0 Å². The maximum atomic E-state index is 4.69. The van der Waals surface area contributed by atoms with Crippen LogP contribution in [0.15, 0.2) is 12.5 Å². The molecule has 1 aliphatic heterocycles. The van der Waals surface area contributed by atoms with E-state index in [1.165, 1.54) is 5.69 Å². The van der Waals surface area contributed by atoms with Gasteiger partial charge in [-0.05, 0) is 25.8 Å². The molecule has 3 rings (SSSR count). The van der Waals surface area contributed by atoms with Crippen molar-refractivity contribution < 1.29 is 0 Å². The van der Waals surface area contributed by atoms with Crippen LogP contribution in [0.1, 0.15) is 26.0 Å². The van der Waals surface area contributed by atoms with Gasteiger partial charge >= 0.3 is 0 Å². The summed E-state index contributed by atoms with van der Waals surface area (Å²) in [6.45, 7) is 8.62. The first-order valence-corrected chi connectivity index (χ1v) is 7.76. The Hall–Kier alpha value is -1.69. The van der Waals surface area contributed by atoms with Crippen LogP contribution in [0.5, 0.6) is 0 Å². The van der Waals surface area contributed by atoms with E-state index in [9.17, 15) is 0 Å². The minimum absolute atomic E-state index is 0.689. The van der Waals surface area contributed by atoms with Gasteiger partial charge in [0.2, 0.25) is 5.65 Å². The molecule has 3 heterocycles. The number of nitrogens with zero attached hydrogens (tertiary/aromatic N) is 6. The quantitative estimate of drug-likeness (QED) is 0.852. The number of anilines is 1. The summed E-state index contributed by atoms with van der Waals surface area (Å²) in [7, 11) is 2.16. The van der Waals surface area contributed by atoms with E-state index in [1.807, 2.05) is 12.5 Å². The van der Waals surface area contributed by atoms with Crippen molar-refractivity contribution in [2.24, 2.45) is 5.92 Å². The van der Waals surface area contributed by atoms with Crippen LogP contribution in [0.4, 0.5) is 5.82 Å². The molecule has 0 bridgehead atoms. The Morgan fingerprint density at radius 2 is 1.95 bits per heavy atom. The van der Waals surface area contributed by atoms with Crippen LogP contribution in [0, 0.1) is 5.92 Å². The Labute approximate surface area is 125 Å². The normalized spacial score (nSPS) is 17.0. The lowest BCUT2D eigenvalue weighted by atomic mass is 10.1. The van der Waals surface area contributed by atoms with Crippen molar-refractivity contribution in [2.45, 2.75) is 26.7 Å². The van der Waals surface area contributed by atoms with Crippen LogP contribution < -0.4 is 4.90 Å². The molecule has 0 amide bonds. The summed E-state index contributed by atoms with van der Waals surface area (Å²) in [6, 6.07) is 0. The molecule has 2 aromatic rings. The van der Waals surface area contributed by atoms with Crippen molar-refractivity contribution in [2.75, 3.05) is 38.1 Å².